The van der Waals surface area contributed by atoms with E-state index >= 15 is 0 Å². The SMILES string of the molecule is N#CCCN(Cc1ccco1)Cc1c(F)cccc1Cl. The van der Waals surface area contributed by atoms with Gasteiger partial charge in [0, 0.05) is 30.1 Å². The van der Waals surface area contributed by atoms with Gasteiger partial charge in [0.25, 0.3) is 0 Å². The van der Waals surface area contributed by atoms with E-state index in [0.29, 0.717) is 36.6 Å². The molecule has 1 aromatic carbocycles. The van der Waals surface area contributed by atoms with Gasteiger partial charge in [0.15, 0.2) is 0 Å². The van der Waals surface area contributed by atoms with Gasteiger partial charge in [-0.05, 0) is 24.3 Å². The molecule has 0 aliphatic rings. The Balaban J connectivity index is 2.13. The maximum absolute atomic E-state index is 13.8. The number of hydrogen-bond donors (Lipinski definition) is 0. The maximum atomic E-state index is 13.8. The molecule has 0 fully saturated rings. The van der Waals surface area contributed by atoms with Crippen LogP contribution < -0.4 is 0 Å². The monoisotopic (exact) mass is 292 g/mol. The molecule has 0 aliphatic heterocycles. The van der Waals surface area contributed by atoms with Crippen molar-refractivity contribution in [3.63, 3.8) is 0 Å². The van der Waals surface area contributed by atoms with Gasteiger partial charge in [0.2, 0.25) is 0 Å². The summed E-state index contributed by atoms with van der Waals surface area (Å²) in [5.74, 6) is 0.439. The fourth-order valence-electron chi connectivity index (χ4n) is 1.95. The lowest BCUT2D eigenvalue weighted by atomic mass is 10.2. The van der Waals surface area contributed by atoms with Crippen molar-refractivity contribution in [3.8, 4) is 6.07 Å². The first-order valence-corrected chi connectivity index (χ1v) is 6.63. The van der Waals surface area contributed by atoms with Gasteiger partial charge in [-0.25, -0.2) is 4.39 Å². The number of nitrogens with zero attached hydrogens (tertiary/aromatic N) is 2. The van der Waals surface area contributed by atoms with Gasteiger partial charge in [-0.3, -0.25) is 4.90 Å². The summed E-state index contributed by atoms with van der Waals surface area (Å²) in [6, 6.07) is 10.4. The molecule has 3 nitrogen and oxygen atoms in total. The molecular formula is C15H14ClFN2O. The van der Waals surface area contributed by atoms with Crippen LogP contribution in [0.25, 0.3) is 0 Å². The van der Waals surface area contributed by atoms with Gasteiger partial charge < -0.3 is 4.42 Å². The van der Waals surface area contributed by atoms with Crippen molar-refractivity contribution >= 4 is 11.6 Å². The lowest BCUT2D eigenvalue weighted by molar-refractivity contribution is 0.237. The number of benzene rings is 1. The van der Waals surface area contributed by atoms with Crippen molar-refractivity contribution in [2.24, 2.45) is 0 Å². The summed E-state index contributed by atoms with van der Waals surface area (Å²) in [6.07, 6.45) is 1.96. The van der Waals surface area contributed by atoms with Gasteiger partial charge in [-0.15, -0.1) is 0 Å². The molecule has 1 aromatic heterocycles. The molecule has 0 aliphatic carbocycles. The van der Waals surface area contributed by atoms with E-state index in [9.17, 15) is 4.39 Å². The Morgan fingerprint density at radius 1 is 1.25 bits per heavy atom. The van der Waals surface area contributed by atoms with Gasteiger partial charge in [0.1, 0.15) is 11.6 Å². The molecule has 104 valence electrons. The first-order chi connectivity index (χ1) is 9.70. The Bertz CT molecular complexity index is 572. The molecule has 0 amide bonds. The van der Waals surface area contributed by atoms with Crippen molar-refractivity contribution < 1.29 is 8.81 Å². The number of hydrogen-bond acceptors (Lipinski definition) is 3. The highest BCUT2D eigenvalue weighted by molar-refractivity contribution is 6.31. The maximum Gasteiger partial charge on any atom is 0.129 e. The minimum Gasteiger partial charge on any atom is -0.468 e. The van der Waals surface area contributed by atoms with E-state index in [-0.39, 0.29) is 5.82 Å². The average Bonchev–Trinajstić information content (AvgIpc) is 2.93. The molecule has 0 spiro atoms. The number of nitriles is 1. The molecule has 1 heterocycles. The minimum absolute atomic E-state index is 0.334. The lowest BCUT2D eigenvalue weighted by Crippen LogP contribution is -2.24. The van der Waals surface area contributed by atoms with Crippen LogP contribution in [0.5, 0.6) is 0 Å². The summed E-state index contributed by atoms with van der Waals surface area (Å²) in [4.78, 5) is 1.94. The van der Waals surface area contributed by atoms with Crippen LogP contribution in [0.2, 0.25) is 5.02 Å². The second-order valence-corrected chi connectivity index (χ2v) is 4.81. The second kappa shape index (κ2) is 7.09. The van der Waals surface area contributed by atoms with E-state index in [1.165, 1.54) is 6.07 Å². The molecule has 0 saturated heterocycles. The van der Waals surface area contributed by atoms with Crippen molar-refractivity contribution in [3.05, 3.63) is 58.8 Å². The van der Waals surface area contributed by atoms with Crippen LogP contribution in [0, 0.1) is 17.1 Å². The van der Waals surface area contributed by atoms with Crippen LogP contribution in [0.15, 0.2) is 41.0 Å². The molecule has 0 bridgehead atoms. The fourth-order valence-corrected chi connectivity index (χ4v) is 2.17. The highest BCUT2D eigenvalue weighted by atomic mass is 35.5. The van der Waals surface area contributed by atoms with E-state index in [4.69, 9.17) is 21.3 Å². The van der Waals surface area contributed by atoms with E-state index in [0.717, 1.165) is 5.76 Å². The largest absolute Gasteiger partial charge is 0.468 e. The molecule has 20 heavy (non-hydrogen) atoms. The normalized spacial score (nSPS) is 10.7. The molecule has 0 saturated carbocycles. The van der Waals surface area contributed by atoms with Crippen LogP contribution in [0.4, 0.5) is 4.39 Å². The van der Waals surface area contributed by atoms with Crippen molar-refractivity contribution in [2.75, 3.05) is 6.54 Å². The van der Waals surface area contributed by atoms with Gasteiger partial charge in [0.05, 0.1) is 18.9 Å². The first-order valence-electron chi connectivity index (χ1n) is 6.25. The average molecular weight is 293 g/mol. The predicted octanol–water partition coefficient (Wildman–Crippen LogP) is 3.99. The predicted molar refractivity (Wildman–Crippen MR) is 74.5 cm³/mol. The summed E-state index contributed by atoms with van der Waals surface area (Å²) < 4.78 is 19.1. The van der Waals surface area contributed by atoms with Gasteiger partial charge in [-0.1, -0.05) is 17.7 Å². The van der Waals surface area contributed by atoms with Crippen LogP contribution >= 0.6 is 11.6 Å². The third-order valence-corrected chi connectivity index (χ3v) is 3.30. The summed E-state index contributed by atoms with van der Waals surface area (Å²) in [6.45, 7) is 1.38. The van der Waals surface area contributed by atoms with Crippen LogP contribution in [0.3, 0.4) is 0 Å². The van der Waals surface area contributed by atoms with E-state index in [2.05, 4.69) is 6.07 Å². The Morgan fingerprint density at radius 3 is 2.75 bits per heavy atom. The summed E-state index contributed by atoms with van der Waals surface area (Å²) in [7, 11) is 0. The Labute approximate surface area is 122 Å². The van der Waals surface area contributed by atoms with Crippen molar-refractivity contribution in [2.45, 2.75) is 19.5 Å². The Kier molecular flexibility index (Phi) is 5.16. The number of furan rings is 1. The summed E-state index contributed by atoms with van der Waals surface area (Å²) >= 11 is 6.03. The van der Waals surface area contributed by atoms with E-state index < -0.39 is 0 Å². The van der Waals surface area contributed by atoms with Crippen LogP contribution in [-0.2, 0) is 13.1 Å². The van der Waals surface area contributed by atoms with E-state index in [1.807, 2.05) is 11.0 Å². The summed E-state index contributed by atoms with van der Waals surface area (Å²) in [5, 5.41) is 9.11. The third-order valence-electron chi connectivity index (χ3n) is 2.94. The molecule has 0 atom stereocenters. The molecule has 2 aromatic rings. The smallest absolute Gasteiger partial charge is 0.129 e. The van der Waals surface area contributed by atoms with Gasteiger partial charge >= 0.3 is 0 Å². The molecule has 0 unspecified atom stereocenters. The molecule has 0 N–H and O–H groups in total. The Morgan fingerprint density at radius 2 is 2.10 bits per heavy atom. The van der Waals surface area contributed by atoms with Crippen LogP contribution in [0.1, 0.15) is 17.7 Å². The van der Waals surface area contributed by atoms with Crippen LogP contribution in [-0.4, -0.2) is 11.4 Å². The highest BCUT2D eigenvalue weighted by Gasteiger charge is 2.14. The zero-order chi connectivity index (χ0) is 14.4. The zero-order valence-corrected chi connectivity index (χ0v) is 11.6. The highest BCUT2D eigenvalue weighted by Crippen LogP contribution is 2.21. The topological polar surface area (TPSA) is 40.2 Å². The fraction of sp³-hybridized carbons (Fsp3) is 0.267. The first kappa shape index (κ1) is 14.6. The number of rotatable bonds is 6. The Hall–Kier alpha value is -1.83. The van der Waals surface area contributed by atoms with E-state index in [1.54, 1.807) is 24.5 Å². The zero-order valence-electron chi connectivity index (χ0n) is 10.9. The number of halogens is 2. The van der Waals surface area contributed by atoms with Gasteiger partial charge in [-0.2, -0.15) is 5.26 Å². The quantitative estimate of drug-likeness (QED) is 0.808. The summed E-state index contributed by atoms with van der Waals surface area (Å²) in [5.41, 5.74) is 0.443. The molecular weight excluding hydrogens is 279 g/mol. The minimum atomic E-state index is -0.334. The molecule has 5 heteroatoms. The molecule has 0 radical (unpaired) electrons. The second-order valence-electron chi connectivity index (χ2n) is 4.40. The van der Waals surface area contributed by atoms with Crippen molar-refractivity contribution in [1.82, 2.24) is 4.90 Å². The standard InChI is InChI=1S/C15H14ClFN2O/c16-14-5-1-6-15(17)13(14)11-19(8-3-7-18)10-12-4-2-9-20-12/h1-2,4-6,9H,3,8,10-11H2. The third kappa shape index (κ3) is 3.83. The molecule has 2 rings (SSSR count). The van der Waals surface area contributed by atoms with Crippen molar-refractivity contribution in [1.29, 1.82) is 5.26 Å². The lowest BCUT2D eigenvalue weighted by Gasteiger charge is -2.21.